The number of hydrogen-bond acceptors (Lipinski definition) is 2. The number of benzene rings is 1. The van der Waals surface area contributed by atoms with Gasteiger partial charge >= 0.3 is 0 Å². The molecule has 110 valence electrons. The molecule has 2 heteroatoms. The highest BCUT2D eigenvalue weighted by molar-refractivity contribution is 5.14. The second-order valence-electron chi connectivity index (χ2n) is 7.02. The third-order valence-corrected chi connectivity index (χ3v) is 4.91. The molecule has 0 heterocycles. The van der Waals surface area contributed by atoms with E-state index in [4.69, 9.17) is 0 Å². The Morgan fingerprint density at radius 3 is 2.50 bits per heavy atom. The Kier molecular flexibility index (Phi) is 4.42. The van der Waals surface area contributed by atoms with Crippen molar-refractivity contribution in [3.63, 3.8) is 0 Å². The Labute approximate surface area is 123 Å². The Hall–Kier alpha value is -0.860. The summed E-state index contributed by atoms with van der Waals surface area (Å²) in [5.41, 5.74) is 1.96. The van der Waals surface area contributed by atoms with Gasteiger partial charge in [-0.15, -0.1) is 0 Å². The molecule has 0 radical (unpaired) electrons. The first-order chi connectivity index (χ1) is 9.76. The van der Waals surface area contributed by atoms with E-state index in [2.05, 4.69) is 47.6 Å². The molecule has 0 unspecified atom stereocenters. The minimum atomic E-state index is 0.534. The van der Waals surface area contributed by atoms with E-state index in [1.165, 1.54) is 57.2 Å². The van der Waals surface area contributed by atoms with Crippen LogP contribution in [0, 0.1) is 5.41 Å². The second-order valence-corrected chi connectivity index (χ2v) is 7.02. The van der Waals surface area contributed by atoms with Crippen LogP contribution in [0.4, 0.5) is 0 Å². The van der Waals surface area contributed by atoms with Gasteiger partial charge in [0.05, 0.1) is 0 Å². The van der Waals surface area contributed by atoms with Crippen molar-refractivity contribution in [1.29, 1.82) is 0 Å². The molecule has 0 aromatic heterocycles. The van der Waals surface area contributed by atoms with Gasteiger partial charge < -0.3 is 10.2 Å². The number of hydrogen-bond donors (Lipinski definition) is 1. The summed E-state index contributed by atoms with van der Waals surface area (Å²) in [5.74, 6) is 0. The molecule has 2 saturated carbocycles. The molecule has 20 heavy (non-hydrogen) atoms. The second kappa shape index (κ2) is 6.28. The largest absolute Gasteiger partial charge is 0.313 e. The van der Waals surface area contributed by atoms with Crippen molar-refractivity contribution in [2.45, 2.75) is 51.1 Å². The summed E-state index contributed by atoms with van der Waals surface area (Å²) in [6.45, 7) is 3.55. The van der Waals surface area contributed by atoms with Crippen molar-refractivity contribution in [2.75, 3.05) is 20.1 Å². The van der Waals surface area contributed by atoms with Crippen LogP contribution in [0.2, 0.25) is 0 Å². The summed E-state index contributed by atoms with van der Waals surface area (Å²) in [6, 6.07) is 11.7. The summed E-state index contributed by atoms with van der Waals surface area (Å²) in [7, 11) is 2.28. The molecule has 1 aromatic carbocycles. The molecule has 0 bridgehead atoms. The van der Waals surface area contributed by atoms with E-state index in [1.807, 2.05) is 0 Å². The maximum absolute atomic E-state index is 3.78. The summed E-state index contributed by atoms with van der Waals surface area (Å²) >= 11 is 0. The van der Waals surface area contributed by atoms with E-state index in [1.54, 1.807) is 0 Å². The molecule has 0 aliphatic heterocycles. The first-order valence-corrected chi connectivity index (χ1v) is 8.22. The Morgan fingerprint density at radius 2 is 1.85 bits per heavy atom. The predicted octanol–water partition coefficient (Wildman–Crippen LogP) is 3.43. The molecular formula is C18H28N2. The molecule has 1 N–H and O–H groups in total. The third-order valence-electron chi connectivity index (χ3n) is 4.91. The molecule has 0 spiro atoms. The lowest BCUT2D eigenvalue weighted by Gasteiger charge is -2.34. The van der Waals surface area contributed by atoms with Gasteiger partial charge in [-0.2, -0.15) is 0 Å². The van der Waals surface area contributed by atoms with Crippen LogP contribution < -0.4 is 5.32 Å². The highest BCUT2D eigenvalue weighted by Gasteiger charge is 2.36. The number of nitrogens with zero attached hydrogens (tertiary/aromatic N) is 1. The summed E-state index contributed by atoms with van der Waals surface area (Å²) in [4.78, 5) is 2.52. The van der Waals surface area contributed by atoms with Crippen LogP contribution in [-0.2, 0) is 6.54 Å². The van der Waals surface area contributed by atoms with Crippen LogP contribution >= 0.6 is 0 Å². The van der Waals surface area contributed by atoms with Crippen LogP contribution in [0.1, 0.15) is 44.1 Å². The quantitative estimate of drug-likeness (QED) is 0.818. The van der Waals surface area contributed by atoms with Crippen molar-refractivity contribution in [3.05, 3.63) is 35.9 Å². The van der Waals surface area contributed by atoms with Crippen molar-refractivity contribution in [2.24, 2.45) is 5.41 Å². The first-order valence-electron chi connectivity index (χ1n) is 8.22. The average molecular weight is 272 g/mol. The summed E-state index contributed by atoms with van der Waals surface area (Å²) in [5, 5.41) is 3.78. The minimum Gasteiger partial charge on any atom is -0.313 e. The third kappa shape index (κ3) is 3.83. The lowest BCUT2D eigenvalue weighted by molar-refractivity contribution is 0.167. The fraction of sp³-hybridized carbons (Fsp3) is 0.667. The van der Waals surface area contributed by atoms with Crippen molar-refractivity contribution < 1.29 is 0 Å². The highest BCUT2D eigenvalue weighted by Crippen LogP contribution is 2.39. The van der Waals surface area contributed by atoms with Crippen molar-refractivity contribution in [1.82, 2.24) is 10.2 Å². The van der Waals surface area contributed by atoms with Gasteiger partial charge in [0.25, 0.3) is 0 Å². The van der Waals surface area contributed by atoms with E-state index in [9.17, 15) is 0 Å². The van der Waals surface area contributed by atoms with Gasteiger partial charge in [-0.05, 0) is 43.7 Å². The maximum Gasteiger partial charge on any atom is 0.0230 e. The van der Waals surface area contributed by atoms with Crippen molar-refractivity contribution in [3.8, 4) is 0 Å². The molecule has 2 aliphatic rings. The molecule has 3 rings (SSSR count). The predicted molar refractivity (Wildman–Crippen MR) is 84.7 cm³/mol. The monoisotopic (exact) mass is 272 g/mol. The smallest absolute Gasteiger partial charge is 0.0230 e. The number of nitrogens with one attached hydrogen (secondary N) is 1. The Bertz CT molecular complexity index is 405. The van der Waals surface area contributed by atoms with Crippen LogP contribution in [0.15, 0.2) is 30.3 Å². The van der Waals surface area contributed by atoms with Gasteiger partial charge in [0, 0.05) is 25.7 Å². The van der Waals surface area contributed by atoms with Crippen LogP contribution in [0.25, 0.3) is 0 Å². The van der Waals surface area contributed by atoms with E-state index in [0.717, 1.165) is 12.6 Å². The maximum atomic E-state index is 3.78. The Balaban J connectivity index is 1.54. The molecule has 2 nitrogen and oxygen atoms in total. The van der Waals surface area contributed by atoms with Crippen LogP contribution in [-0.4, -0.2) is 31.1 Å². The van der Waals surface area contributed by atoms with E-state index in [-0.39, 0.29) is 0 Å². The highest BCUT2D eigenvalue weighted by atomic mass is 15.1. The standard InChI is InChI=1S/C18H28N2/c1-20(13-16-7-3-2-4-8-16)15-18(11-5-6-12-18)14-19-17-9-10-17/h2-4,7-8,17,19H,5-6,9-15H2,1H3. The summed E-state index contributed by atoms with van der Waals surface area (Å²) < 4.78 is 0. The molecule has 0 atom stereocenters. The van der Waals surface area contributed by atoms with Gasteiger partial charge in [-0.25, -0.2) is 0 Å². The molecule has 0 saturated heterocycles. The van der Waals surface area contributed by atoms with E-state index < -0.39 is 0 Å². The van der Waals surface area contributed by atoms with Gasteiger partial charge in [-0.3, -0.25) is 0 Å². The zero-order valence-corrected chi connectivity index (χ0v) is 12.8. The van der Waals surface area contributed by atoms with Gasteiger partial charge in [0.2, 0.25) is 0 Å². The zero-order chi connectivity index (χ0) is 13.8. The van der Waals surface area contributed by atoms with Crippen LogP contribution in [0.5, 0.6) is 0 Å². The van der Waals surface area contributed by atoms with Crippen molar-refractivity contribution >= 4 is 0 Å². The molecule has 2 fully saturated rings. The molecular weight excluding hydrogens is 244 g/mol. The normalized spacial score (nSPS) is 21.5. The topological polar surface area (TPSA) is 15.3 Å². The van der Waals surface area contributed by atoms with Gasteiger partial charge in [0.1, 0.15) is 0 Å². The molecule has 2 aliphatic carbocycles. The first kappa shape index (κ1) is 14.1. The average Bonchev–Trinajstić information content (AvgIpc) is 3.18. The SMILES string of the molecule is CN(Cc1ccccc1)CC1(CNC2CC2)CCCC1. The summed E-state index contributed by atoms with van der Waals surface area (Å²) in [6.07, 6.45) is 8.46. The fourth-order valence-electron chi connectivity index (χ4n) is 3.69. The minimum absolute atomic E-state index is 0.534. The van der Waals surface area contributed by atoms with E-state index in [0.29, 0.717) is 5.41 Å². The fourth-order valence-corrected chi connectivity index (χ4v) is 3.69. The lowest BCUT2D eigenvalue weighted by atomic mass is 9.85. The van der Waals surface area contributed by atoms with Gasteiger partial charge in [-0.1, -0.05) is 43.2 Å². The van der Waals surface area contributed by atoms with E-state index >= 15 is 0 Å². The zero-order valence-electron chi connectivity index (χ0n) is 12.8. The van der Waals surface area contributed by atoms with Crippen LogP contribution in [0.3, 0.4) is 0 Å². The Morgan fingerprint density at radius 1 is 1.15 bits per heavy atom. The van der Waals surface area contributed by atoms with Gasteiger partial charge in [0.15, 0.2) is 0 Å². The lowest BCUT2D eigenvalue weighted by Crippen LogP contribution is -2.41. The molecule has 1 aromatic rings. The number of rotatable bonds is 7. The molecule has 0 amide bonds.